The third-order valence-electron chi connectivity index (χ3n) is 3.34. The van der Waals surface area contributed by atoms with Gasteiger partial charge in [-0.3, -0.25) is 10.2 Å². The summed E-state index contributed by atoms with van der Waals surface area (Å²) < 4.78 is 0. The van der Waals surface area contributed by atoms with Crippen LogP contribution in [0.2, 0.25) is 0 Å². The molecule has 0 spiro atoms. The van der Waals surface area contributed by atoms with E-state index in [2.05, 4.69) is 5.32 Å². The first-order valence-corrected chi connectivity index (χ1v) is 5.87. The monoisotopic (exact) mass is 209 g/mol. The maximum Gasteiger partial charge on any atom is 0.239 e. The first kappa shape index (κ1) is 10.5. The third kappa shape index (κ3) is 2.49. The van der Waals surface area contributed by atoms with Gasteiger partial charge in [0, 0.05) is 19.0 Å². The lowest BCUT2D eigenvalue weighted by molar-refractivity contribution is -0.120. The quantitative estimate of drug-likeness (QED) is 0.499. The summed E-state index contributed by atoms with van der Waals surface area (Å²) in [5, 5.41) is 11.0. The summed E-state index contributed by atoms with van der Waals surface area (Å²) in [7, 11) is 0. The highest BCUT2D eigenvalue weighted by Gasteiger charge is 2.25. The van der Waals surface area contributed by atoms with Crippen molar-refractivity contribution < 1.29 is 4.79 Å². The Hall–Kier alpha value is -1.06. The molecule has 84 valence electrons. The van der Waals surface area contributed by atoms with Crippen LogP contribution >= 0.6 is 0 Å². The topological polar surface area (TPSA) is 56.2 Å². The number of carbonyl (C=O) groups excluding carboxylic acids is 1. The average Bonchev–Trinajstić information content (AvgIpc) is 2.67. The Morgan fingerprint density at radius 1 is 1.33 bits per heavy atom. The van der Waals surface area contributed by atoms with Gasteiger partial charge >= 0.3 is 0 Å². The van der Waals surface area contributed by atoms with Crippen molar-refractivity contribution in [2.24, 2.45) is 5.92 Å². The van der Waals surface area contributed by atoms with Crippen LogP contribution in [-0.2, 0) is 4.79 Å². The molecule has 0 radical (unpaired) electrons. The summed E-state index contributed by atoms with van der Waals surface area (Å²) in [5.74, 6) is 1.18. The van der Waals surface area contributed by atoms with E-state index in [1.165, 1.54) is 12.8 Å². The minimum Gasteiger partial charge on any atom is -0.354 e. The number of carbonyl (C=O) groups is 1. The molecule has 0 aromatic heterocycles. The van der Waals surface area contributed by atoms with Crippen LogP contribution in [0.1, 0.15) is 32.1 Å². The molecule has 0 aromatic rings. The lowest BCUT2D eigenvalue weighted by Gasteiger charge is -2.25. The molecule has 1 aliphatic heterocycles. The molecule has 15 heavy (non-hydrogen) atoms. The largest absolute Gasteiger partial charge is 0.354 e. The molecule has 1 saturated heterocycles. The van der Waals surface area contributed by atoms with Gasteiger partial charge in [-0.2, -0.15) is 0 Å². The van der Waals surface area contributed by atoms with Gasteiger partial charge in [-0.15, -0.1) is 0 Å². The number of rotatable bonds is 1. The number of amides is 1. The molecule has 4 heteroatoms. The Bertz CT molecular complexity index is 259. The molecule has 1 heterocycles. The number of nitrogens with one attached hydrogen (secondary N) is 2. The van der Waals surface area contributed by atoms with E-state index in [0.29, 0.717) is 18.3 Å². The normalized spacial score (nSPS) is 23.7. The Morgan fingerprint density at radius 2 is 2.07 bits per heavy atom. The molecule has 2 N–H and O–H groups in total. The van der Waals surface area contributed by atoms with Crippen LogP contribution < -0.4 is 5.32 Å². The average molecular weight is 209 g/mol. The zero-order valence-corrected chi connectivity index (χ0v) is 9.09. The summed E-state index contributed by atoms with van der Waals surface area (Å²) in [5.41, 5.74) is 0. The van der Waals surface area contributed by atoms with Gasteiger partial charge in [-0.05, 0) is 19.3 Å². The molecule has 1 saturated carbocycles. The van der Waals surface area contributed by atoms with E-state index in [-0.39, 0.29) is 5.91 Å². The van der Waals surface area contributed by atoms with Crippen molar-refractivity contribution in [3.63, 3.8) is 0 Å². The molecule has 1 amide bonds. The Kier molecular flexibility index (Phi) is 3.23. The van der Waals surface area contributed by atoms with Crippen molar-refractivity contribution in [3.8, 4) is 0 Å². The summed E-state index contributed by atoms with van der Waals surface area (Å²) in [6.07, 6.45) is 5.72. The van der Waals surface area contributed by atoms with Crippen molar-refractivity contribution in [2.75, 3.05) is 19.6 Å². The zero-order chi connectivity index (χ0) is 10.7. The second kappa shape index (κ2) is 4.64. The number of hydrogen-bond donors (Lipinski definition) is 2. The lowest BCUT2D eigenvalue weighted by Crippen LogP contribution is -2.39. The van der Waals surface area contributed by atoms with E-state index in [1.54, 1.807) is 0 Å². The van der Waals surface area contributed by atoms with Crippen LogP contribution in [0.25, 0.3) is 0 Å². The molecule has 0 unspecified atom stereocenters. The van der Waals surface area contributed by atoms with Crippen molar-refractivity contribution in [2.45, 2.75) is 32.1 Å². The first-order valence-electron chi connectivity index (χ1n) is 5.87. The minimum absolute atomic E-state index is 0.0650. The Morgan fingerprint density at radius 3 is 2.80 bits per heavy atom. The molecule has 4 nitrogen and oxygen atoms in total. The zero-order valence-electron chi connectivity index (χ0n) is 9.09. The number of hydrogen-bond acceptors (Lipinski definition) is 2. The van der Waals surface area contributed by atoms with E-state index < -0.39 is 0 Å². The molecule has 0 bridgehead atoms. The van der Waals surface area contributed by atoms with E-state index in [4.69, 9.17) is 5.41 Å². The Labute approximate surface area is 90.5 Å². The van der Waals surface area contributed by atoms with Crippen molar-refractivity contribution in [3.05, 3.63) is 0 Å². The van der Waals surface area contributed by atoms with Crippen LogP contribution in [0, 0.1) is 11.3 Å². The van der Waals surface area contributed by atoms with Crippen molar-refractivity contribution >= 4 is 11.7 Å². The molecule has 0 atom stereocenters. The van der Waals surface area contributed by atoms with Crippen LogP contribution in [-0.4, -0.2) is 36.3 Å². The highest BCUT2D eigenvalue weighted by Crippen LogP contribution is 2.26. The fourth-order valence-corrected chi connectivity index (χ4v) is 2.47. The van der Waals surface area contributed by atoms with Crippen LogP contribution in [0.5, 0.6) is 0 Å². The fraction of sp³-hybridized carbons (Fsp3) is 0.818. The number of amidine groups is 1. The van der Waals surface area contributed by atoms with Crippen LogP contribution in [0.3, 0.4) is 0 Å². The van der Waals surface area contributed by atoms with E-state index in [0.717, 1.165) is 32.4 Å². The summed E-state index contributed by atoms with van der Waals surface area (Å²) in [6.45, 7) is 2.00. The Balaban J connectivity index is 1.95. The van der Waals surface area contributed by atoms with E-state index >= 15 is 0 Å². The summed E-state index contributed by atoms with van der Waals surface area (Å²) in [4.78, 5) is 13.3. The minimum atomic E-state index is 0.0650. The molecule has 2 aliphatic rings. The third-order valence-corrected chi connectivity index (χ3v) is 3.34. The van der Waals surface area contributed by atoms with Crippen LogP contribution in [0.15, 0.2) is 0 Å². The van der Waals surface area contributed by atoms with Gasteiger partial charge in [0.25, 0.3) is 0 Å². The van der Waals surface area contributed by atoms with Gasteiger partial charge in [0.1, 0.15) is 0 Å². The second-order valence-electron chi connectivity index (χ2n) is 4.49. The van der Waals surface area contributed by atoms with Gasteiger partial charge in [-0.1, -0.05) is 12.8 Å². The summed E-state index contributed by atoms with van der Waals surface area (Å²) in [6, 6.07) is 0. The van der Waals surface area contributed by atoms with Gasteiger partial charge in [0.2, 0.25) is 5.91 Å². The van der Waals surface area contributed by atoms with Gasteiger partial charge in [-0.25, -0.2) is 0 Å². The molecule has 2 fully saturated rings. The van der Waals surface area contributed by atoms with Gasteiger partial charge < -0.3 is 10.2 Å². The van der Waals surface area contributed by atoms with Gasteiger partial charge in [0.15, 0.2) is 0 Å². The fourth-order valence-electron chi connectivity index (χ4n) is 2.47. The molecule has 2 rings (SSSR count). The standard InChI is InChI=1S/C11H19N3O/c12-11(9-4-1-2-5-9)14-7-3-6-13-10(15)8-14/h9,12H,1-8H2,(H,13,15). The molecule has 0 aromatic carbocycles. The van der Waals surface area contributed by atoms with E-state index in [9.17, 15) is 4.79 Å². The van der Waals surface area contributed by atoms with Crippen LogP contribution in [0.4, 0.5) is 0 Å². The molecular weight excluding hydrogens is 190 g/mol. The predicted molar refractivity (Wildman–Crippen MR) is 58.9 cm³/mol. The lowest BCUT2D eigenvalue weighted by atomic mass is 10.1. The van der Waals surface area contributed by atoms with Crippen molar-refractivity contribution in [1.29, 1.82) is 5.41 Å². The van der Waals surface area contributed by atoms with Crippen molar-refractivity contribution in [1.82, 2.24) is 10.2 Å². The van der Waals surface area contributed by atoms with E-state index in [1.807, 2.05) is 4.90 Å². The SMILES string of the molecule is N=C(C1CCCC1)N1CCCNC(=O)C1. The molecular formula is C11H19N3O. The maximum absolute atomic E-state index is 11.4. The highest BCUT2D eigenvalue weighted by atomic mass is 16.2. The predicted octanol–water partition coefficient (Wildman–Crippen LogP) is 0.976. The molecule has 1 aliphatic carbocycles. The smallest absolute Gasteiger partial charge is 0.239 e. The second-order valence-corrected chi connectivity index (χ2v) is 4.49. The first-order chi connectivity index (χ1) is 7.27. The summed E-state index contributed by atoms with van der Waals surface area (Å²) >= 11 is 0. The number of nitrogens with zero attached hydrogens (tertiary/aromatic N) is 1. The highest BCUT2D eigenvalue weighted by molar-refractivity contribution is 5.87. The van der Waals surface area contributed by atoms with Gasteiger partial charge in [0.05, 0.1) is 12.4 Å². The maximum atomic E-state index is 11.4.